The second-order valence-electron chi connectivity index (χ2n) is 3.87. The van der Waals surface area contributed by atoms with Gasteiger partial charge in [-0.2, -0.15) is 0 Å². The molecule has 3 heteroatoms. The highest BCUT2D eigenvalue weighted by Crippen LogP contribution is 2.19. The van der Waals surface area contributed by atoms with E-state index in [2.05, 4.69) is 11.0 Å². The van der Waals surface area contributed by atoms with Gasteiger partial charge >= 0.3 is 0 Å². The molecule has 0 saturated carbocycles. The van der Waals surface area contributed by atoms with Crippen LogP contribution in [0.15, 0.2) is 24.3 Å². The number of aliphatic hydroxyl groups is 1. The Morgan fingerprint density at radius 1 is 1.43 bits per heavy atom. The van der Waals surface area contributed by atoms with E-state index in [1.165, 1.54) is 5.56 Å². The van der Waals surface area contributed by atoms with Gasteiger partial charge in [-0.3, -0.25) is 4.90 Å². The summed E-state index contributed by atoms with van der Waals surface area (Å²) >= 11 is 5.89. The number of rotatable bonds is 3. The van der Waals surface area contributed by atoms with E-state index in [9.17, 15) is 0 Å². The van der Waals surface area contributed by atoms with Crippen LogP contribution in [0.25, 0.3) is 0 Å². The van der Waals surface area contributed by atoms with Crippen molar-refractivity contribution in [1.29, 1.82) is 0 Å². The molecule has 1 N–H and O–H groups in total. The number of hydrogen-bond acceptors (Lipinski definition) is 2. The van der Waals surface area contributed by atoms with E-state index < -0.39 is 0 Å². The largest absolute Gasteiger partial charge is 0.396 e. The summed E-state index contributed by atoms with van der Waals surface area (Å²) in [5, 5.41) is 9.66. The lowest BCUT2D eigenvalue weighted by Crippen LogP contribution is -2.47. The fraction of sp³-hybridized carbons (Fsp3) is 0.455. The maximum atomic E-state index is 8.87. The Hall–Kier alpha value is -0.570. The van der Waals surface area contributed by atoms with Crippen LogP contribution in [0.5, 0.6) is 0 Å². The Morgan fingerprint density at radius 2 is 2.21 bits per heavy atom. The van der Waals surface area contributed by atoms with Crippen LogP contribution in [-0.4, -0.2) is 29.7 Å². The van der Waals surface area contributed by atoms with Gasteiger partial charge in [0.05, 0.1) is 0 Å². The van der Waals surface area contributed by atoms with Crippen LogP contribution in [0.4, 0.5) is 0 Å². The van der Waals surface area contributed by atoms with Crippen LogP contribution < -0.4 is 0 Å². The lowest BCUT2D eigenvalue weighted by atomic mass is 10.0. The van der Waals surface area contributed by atoms with Crippen molar-refractivity contribution >= 4 is 11.6 Å². The van der Waals surface area contributed by atoms with Gasteiger partial charge in [-0.15, -0.1) is 0 Å². The first-order valence-corrected chi connectivity index (χ1v) is 5.23. The predicted molar refractivity (Wildman–Crippen MR) is 57.3 cm³/mol. The minimum atomic E-state index is 0.312. The first kappa shape index (κ1) is 9.97. The first-order chi connectivity index (χ1) is 6.78. The molecule has 2 rings (SSSR count). The molecule has 0 bridgehead atoms. The Morgan fingerprint density at radius 3 is 2.86 bits per heavy atom. The van der Waals surface area contributed by atoms with Gasteiger partial charge in [-0.25, -0.2) is 0 Å². The molecule has 14 heavy (non-hydrogen) atoms. The summed E-state index contributed by atoms with van der Waals surface area (Å²) in [6.07, 6.45) is 0. The molecule has 0 unspecified atom stereocenters. The molecule has 0 atom stereocenters. The zero-order valence-electron chi connectivity index (χ0n) is 7.99. The van der Waals surface area contributed by atoms with E-state index in [-0.39, 0.29) is 0 Å². The summed E-state index contributed by atoms with van der Waals surface area (Å²) in [6.45, 7) is 3.26. The maximum absolute atomic E-state index is 8.87. The first-order valence-electron chi connectivity index (χ1n) is 4.85. The highest BCUT2D eigenvalue weighted by atomic mass is 35.5. The molecule has 1 aromatic carbocycles. The molecule has 1 saturated heterocycles. The highest BCUT2D eigenvalue weighted by Gasteiger charge is 2.25. The molecule has 0 aromatic heterocycles. The van der Waals surface area contributed by atoms with Crippen molar-refractivity contribution in [2.45, 2.75) is 6.54 Å². The molecule has 1 aromatic rings. The zero-order valence-corrected chi connectivity index (χ0v) is 8.74. The summed E-state index contributed by atoms with van der Waals surface area (Å²) in [4.78, 5) is 2.31. The van der Waals surface area contributed by atoms with Crippen LogP contribution >= 0.6 is 11.6 Å². The summed E-state index contributed by atoms with van der Waals surface area (Å²) in [5.74, 6) is 0.481. The van der Waals surface area contributed by atoms with Gasteiger partial charge in [0.25, 0.3) is 0 Å². The standard InChI is InChI=1S/C11H14ClNO/c12-11-3-1-2-9(4-11)5-13-6-10(7-13)8-14/h1-4,10,14H,5-8H2. The van der Waals surface area contributed by atoms with Crippen LogP contribution in [-0.2, 0) is 6.54 Å². The molecule has 1 aliphatic heterocycles. The number of hydrogen-bond donors (Lipinski definition) is 1. The second kappa shape index (κ2) is 4.30. The normalized spacial score (nSPS) is 18.1. The van der Waals surface area contributed by atoms with Gasteiger partial charge < -0.3 is 5.11 Å². The Labute approximate surface area is 89.1 Å². The molecule has 76 valence electrons. The van der Waals surface area contributed by atoms with Crippen molar-refractivity contribution in [3.63, 3.8) is 0 Å². The summed E-state index contributed by atoms with van der Waals surface area (Å²) in [5.41, 5.74) is 1.24. The number of nitrogens with zero attached hydrogens (tertiary/aromatic N) is 1. The smallest absolute Gasteiger partial charge is 0.0483 e. The van der Waals surface area contributed by atoms with Gasteiger partial charge in [0.15, 0.2) is 0 Å². The predicted octanol–water partition coefficient (Wildman–Crippen LogP) is 1.76. The highest BCUT2D eigenvalue weighted by molar-refractivity contribution is 6.30. The number of benzene rings is 1. The molecule has 0 amide bonds. The molecular formula is C11H14ClNO. The lowest BCUT2D eigenvalue weighted by Gasteiger charge is -2.38. The quantitative estimate of drug-likeness (QED) is 0.824. The third-order valence-corrected chi connectivity index (χ3v) is 2.82. The maximum Gasteiger partial charge on any atom is 0.0483 e. The third kappa shape index (κ3) is 2.27. The third-order valence-electron chi connectivity index (χ3n) is 2.59. The van der Waals surface area contributed by atoms with Crippen molar-refractivity contribution in [2.75, 3.05) is 19.7 Å². The van der Waals surface area contributed by atoms with Crippen molar-refractivity contribution < 1.29 is 5.11 Å². The average molecular weight is 212 g/mol. The van der Waals surface area contributed by atoms with Crippen molar-refractivity contribution in [1.82, 2.24) is 4.90 Å². The average Bonchev–Trinajstić information content (AvgIpc) is 2.10. The lowest BCUT2D eigenvalue weighted by molar-refractivity contribution is 0.0479. The van der Waals surface area contributed by atoms with Crippen molar-refractivity contribution in [3.8, 4) is 0 Å². The number of aliphatic hydroxyl groups excluding tert-OH is 1. The molecule has 1 heterocycles. The summed E-state index contributed by atoms with van der Waals surface area (Å²) < 4.78 is 0. The van der Waals surface area contributed by atoms with Gasteiger partial charge in [0.1, 0.15) is 0 Å². The van der Waals surface area contributed by atoms with E-state index >= 15 is 0 Å². The minimum Gasteiger partial charge on any atom is -0.396 e. The zero-order chi connectivity index (χ0) is 9.97. The fourth-order valence-electron chi connectivity index (χ4n) is 1.81. The molecule has 1 fully saturated rings. The van der Waals surface area contributed by atoms with Crippen LogP contribution in [0.2, 0.25) is 5.02 Å². The van der Waals surface area contributed by atoms with E-state index in [1.807, 2.05) is 18.2 Å². The van der Waals surface area contributed by atoms with Crippen LogP contribution in [0, 0.1) is 5.92 Å². The molecule has 0 spiro atoms. The second-order valence-corrected chi connectivity index (χ2v) is 4.31. The van der Waals surface area contributed by atoms with Crippen LogP contribution in [0.1, 0.15) is 5.56 Å². The van der Waals surface area contributed by atoms with Crippen molar-refractivity contribution in [3.05, 3.63) is 34.9 Å². The Kier molecular flexibility index (Phi) is 3.06. The summed E-state index contributed by atoms with van der Waals surface area (Å²) in [6, 6.07) is 7.94. The molecule has 2 nitrogen and oxygen atoms in total. The van der Waals surface area contributed by atoms with Crippen molar-refractivity contribution in [2.24, 2.45) is 5.92 Å². The molecule has 0 radical (unpaired) electrons. The number of halogens is 1. The van der Waals surface area contributed by atoms with Gasteiger partial charge in [-0.1, -0.05) is 23.7 Å². The minimum absolute atomic E-state index is 0.312. The fourth-order valence-corrected chi connectivity index (χ4v) is 2.03. The monoisotopic (exact) mass is 211 g/mol. The Bertz CT molecular complexity index is 310. The molecule has 1 aliphatic rings. The molecular weight excluding hydrogens is 198 g/mol. The Balaban J connectivity index is 1.87. The van der Waals surface area contributed by atoms with Gasteiger partial charge in [-0.05, 0) is 17.7 Å². The van der Waals surface area contributed by atoms with E-state index in [0.717, 1.165) is 24.7 Å². The number of likely N-dealkylation sites (tertiary alicyclic amines) is 1. The SMILES string of the molecule is OCC1CN(Cc2cccc(Cl)c2)C1. The van der Waals surface area contributed by atoms with Crippen LogP contribution in [0.3, 0.4) is 0 Å². The van der Waals surface area contributed by atoms with Gasteiger partial charge in [0, 0.05) is 37.2 Å². The van der Waals surface area contributed by atoms with Gasteiger partial charge in [0.2, 0.25) is 0 Å². The summed E-state index contributed by atoms with van der Waals surface area (Å²) in [7, 11) is 0. The van der Waals surface area contributed by atoms with E-state index in [1.54, 1.807) is 0 Å². The van der Waals surface area contributed by atoms with E-state index in [0.29, 0.717) is 12.5 Å². The topological polar surface area (TPSA) is 23.5 Å². The molecule has 0 aliphatic carbocycles. The van der Waals surface area contributed by atoms with E-state index in [4.69, 9.17) is 16.7 Å².